The zero-order valence-electron chi connectivity index (χ0n) is 11.2. The van der Waals surface area contributed by atoms with Gasteiger partial charge < -0.3 is 9.72 Å². The van der Waals surface area contributed by atoms with Crippen LogP contribution in [0.2, 0.25) is 0 Å². The largest absolute Gasteiger partial charge is 0.468 e. The summed E-state index contributed by atoms with van der Waals surface area (Å²) in [6.45, 7) is 0.394. The number of hydrogen-bond donors (Lipinski definition) is 2. The molecule has 2 aromatic rings. The Hall–Kier alpha value is -2.02. The highest BCUT2D eigenvalue weighted by Crippen LogP contribution is 2.34. The van der Waals surface area contributed by atoms with Crippen LogP contribution in [0.15, 0.2) is 18.2 Å². The molecule has 1 atom stereocenters. The third kappa shape index (κ3) is 2.37. The van der Waals surface area contributed by atoms with Gasteiger partial charge in [-0.25, -0.2) is 0 Å². The number of H-pyrrole nitrogens is 1. The highest BCUT2D eigenvalue weighted by Gasteiger charge is 2.32. The normalized spacial score (nSPS) is 18.6. The van der Waals surface area contributed by atoms with E-state index >= 15 is 0 Å². The van der Waals surface area contributed by atoms with Gasteiger partial charge in [0, 0.05) is 29.6 Å². The van der Waals surface area contributed by atoms with Crippen molar-refractivity contribution in [2.24, 2.45) is 0 Å². The van der Waals surface area contributed by atoms with Crippen LogP contribution >= 0.6 is 0 Å². The van der Waals surface area contributed by atoms with Crippen molar-refractivity contribution >= 4 is 16.9 Å². The van der Waals surface area contributed by atoms with Crippen LogP contribution in [0.3, 0.4) is 0 Å². The summed E-state index contributed by atoms with van der Waals surface area (Å²) in [4.78, 5) is 14.6. The summed E-state index contributed by atoms with van der Waals surface area (Å²) in [7, 11) is 1.31. The first-order valence-electron chi connectivity index (χ1n) is 6.42. The Bertz CT molecular complexity index is 706. The molecule has 3 rings (SSSR count). The van der Waals surface area contributed by atoms with Gasteiger partial charge in [-0.3, -0.25) is 10.1 Å². The molecule has 1 aromatic carbocycles. The highest BCUT2D eigenvalue weighted by atomic mass is 19.4. The number of alkyl halides is 3. The van der Waals surface area contributed by atoms with Gasteiger partial charge in [-0.05, 0) is 17.7 Å². The minimum absolute atomic E-state index is 0.373. The minimum Gasteiger partial charge on any atom is -0.468 e. The molecule has 0 amide bonds. The number of aromatic nitrogens is 1. The molecule has 21 heavy (non-hydrogen) atoms. The van der Waals surface area contributed by atoms with E-state index in [0.29, 0.717) is 23.9 Å². The fourth-order valence-electron chi connectivity index (χ4n) is 2.68. The monoisotopic (exact) mass is 298 g/mol. The van der Waals surface area contributed by atoms with Crippen LogP contribution in [0.4, 0.5) is 13.2 Å². The summed E-state index contributed by atoms with van der Waals surface area (Å²) in [6.07, 6.45) is -3.97. The second kappa shape index (κ2) is 4.77. The highest BCUT2D eigenvalue weighted by molar-refractivity contribution is 5.87. The van der Waals surface area contributed by atoms with Gasteiger partial charge in [-0.1, -0.05) is 6.07 Å². The van der Waals surface area contributed by atoms with Crippen LogP contribution < -0.4 is 5.32 Å². The van der Waals surface area contributed by atoms with Crippen LogP contribution in [0.1, 0.15) is 16.8 Å². The standard InChI is InChI=1S/C14H13F3N2O2/c1-21-13(20)11-5-9-8-3-2-7(14(15,16)17)4-10(8)19-12(9)6-18-11/h2-4,11,18-19H,5-6H2,1H3/t11-/m0/s1. The van der Waals surface area contributed by atoms with E-state index in [1.807, 2.05) is 0 Å². The Labute approximate surface area is 118 Å². The zero-order valence-corrected chi connectivity index (χ0v) is 11.2. The quantitative estimate of drug-likeness (QED) is 0.795. The maximum atomic E-state index is 12.7. The number of methoxy groups -OCH3 is 1. The van der Waals surface area contributed by atoms with Crippen molar-refractivity contribution in [3.05, 3.63) is 35.0 Å². The summed E-state index contributed by atoms with van der Waals surface area (Å²) in [5, 5.41) is 3.72. The molecule has 2 heterocycles. The number of halogens is 3. The maximum absolute atomic E-state index is 12.7. The average molecular weight is 298 g/mol. The second-order valence-electron chi connectivity index (χ2n) is 5.00. The van der Waals surface area contributed by atoms with Gasteiger partial charge in [-0.2, -0.15) is 13.2 Å². The topological polar surface area (TPSA) is 54.1 Å². The number of nitrogens with one attached hydrogen (secondary N) is 2. The van der Waals surface area contributed by atoms with Crippen molar-refractivity contribution < 1.29 is 22.7 Å². The maximum Gasteiger partial charge on any atom is 0.416 e. The number of aromatic amines is 1. The summed E-state index contributed by atoms with van der Waals surface area (Å²) < 4.78 is 42.9. The van der Waals surface area contributed by atoms with Crippen LogP contribution in [0.5, 0.6) is 0 Å². The van der Waals surface area contributed by atoms with Gasteiger partial charge in [0.25, 0.3) is 0 Å². The molecular weight excluding hydrogens is 285 g/mol. The van der Waals surface area contributed by atoms with Gasteiger partial charge in [0.15, 0.2) is 0 Å². The number of benzene rings is 1. The average Bonchev–Trinajstić information content (AvgIpc) is 2.82. The lowest BCUT2D eigenvalue weighted by atomic mass is 9.98. The summed E-state index contributed by atoms with van der Waals surface area (Å²) in [5.41, 5.74) is 1.42. The Balaban J connectivity index is 2.02. The SMILES string of the molecule is COC(=O)[C@@H]1Cc2c([nH]c3cc(C(F)(F)F)ccc23)CN1. The molecule has 1 aliphatic rings. The van der Waals surface area contributed by atoms with Crippen molar-refractivity contribution in [2.75, 3.05) is 7.11 Å². The molecule has 1 aromatic heterocycles. The summed E-state index contributed by atoms with van der Waals surface area (Å²) in [5.74, 6) is -0.373. The van der Waals surface area contributed by atoms with E-state index in [-0.39, 0.29) is 5.97 Å². The van der Waals surface area contributed by atoms with Crippen molar-refractivity contribution in [3.8, 4) is 0 Å². The van der Waals surface area contributed by atoms with E-state index < -0.39 is 17.8 Å². The smallest absolute Gasteiger partial charge is 0.416 e. The van der Waals surface area contributed by atoms with Crippen LogP contribution in [-0.2, 0) is 28.7 Å². The molecule has 1 aliphatic heterocycles. The lowest BCUT2D eigenvalue weighted by Gasteiger charge is -2.21. The Morgan fingerprint density at radius 3 is 2.81 bits per heavy atom. The van der Waals surface area contributed by atoms with Crippen molar-refractivity contribution in [1.29, 1.82) is 0 Å². The molecule has 0 fully saturated rings. The molecule has 4 nitrogen and oxygen atoms in total. The zero-order chi connectivity index (χ0) is 15.2. The lowest BCUT2D eigenvalue weighted by molar-refractivity contribution is -0.143. The Morgan fingerprint density at radius 1 is 1.38 bits per heavy atom. The molecule has 7 heteroatoms. The fourth-order valence-corrected chi connectivity index (χ4v) is 2.68. The van der Waals surface area contributed by atoms with Crippen molar-refractivity contribution in [2.45, 2.75) is 25.2 Å². The van der Waals surface area contributed by atoms with Gasteiger partial charge in [0.05, 0.1) is 12.7 Å². The van der Waals surface area contributed by atoms with Gasteiger partial charge in [0.1, 0.15) is 6.04 Å². The molecule has 0 unspecified atom stereocenters. The minimum atomic E-state index is -4.37. The van der Waals surface area contributed by atoms with Crippen molar-refractivity contribution in [1.82, 2.24) is 10.3 Å². The Morgan fingerprint density at radius 2 is 2.14 bits per heavy atom. The Kier molecular flexibility index (Phi) is 3.16. The molecule has 112 valence electrons. The van der Waals surface area contributed by atoms with E-state index in [1.165, 1.54) is 13.2 Å². The number of hydrogen-bond acceptors (Lipinski definition) is 3. The molecule has 0 radical (unpaired) electrons. The van der Waals surface area contributed by atoms with E-state index in [0.717, 1.165) is 23.4 Å². The number of rotatable bonds is 1. The molecule has 0 spiro atoms. The molecular formula is C14H13F3N2O2. The van der Waals surface area contributed by atoms with Crippen molar-refractivity contribution in [3.63, 3.8) is 0 Å². The van der Waals surface area contributed by atoms with Crippen LogP contribution in [0, 0.1) is 0 Å². The fraction of sp³-hybridized carbons (Fsp3) is 0.357. The lowest BCUT2D eigenvalue weighted by Crippen LogP contribution is -2.42. The van der Waals surface area contributed by atoms with Crippen LogP contribution in [-0.4, -0.2) is 24.1 Å². The van der Waals surface area contributed by atoms with Gasteiger partial charge in [0.2, 0.25) is 0 Å². The molecule has 0 aliphatic carbocycles. The van der Waals surface area contributed by atoms with E-state index in [1.54, 1.807) is 0 Å². The van der Waals surface area contributed by atoms with E-state index in [4.69, 9.17) is 4.74 Å². The number of carbonyl (C=O) groups is 1. The third-order valence-electron chi connectivity index (χ3n) is 3.74. The molecule has 0 saturated heterocycles. The van der Waals surface area contributed by atoms with E-state index in [2.05, 4.69) is 10.3 Å². The van der Waals surface area contributed by atoms with E-state index in [9.17, 15) is 18.0 Å². The first kappa shape index (κ1) is 13.9. The number of ether oxygens (including phenoxy) is 1. The number of carbonyl (C=O) groups excluding carboxylic acids is 1. The first-order valence-corrected chi connectivity index (χ1v) is 6.42. The summed E-state index contributed by atoms with van der Waals surface area (Å²) in [6, 6.07) is 3.14. The molecule has 0 saturated carbocycles. The summed E-state index contributed by atoms with van der Waals surface area (Å²) >= 11 is 0. The predicted molar refractivity (Wildman–Crippen MR) is 69.6 cm³/mol. The predicted octanol–water partition coefficient (Wildman–Crippen LogP) is 2.37. The number of fused-ring (bicyclic) bond motifs is 3. The molecule has 2 N–H and O–H groups in total. The van der Waals surface area contributed by atoms with Gasteiger partial charge in [-0.15, -0.1) is 0 Å². The molecule has 0 bridgehead atoms. The van der Waals surface area contributed by atoms with Gasteiger partial charge >= 0.3 is 12.1 Å². The second-order valence-corrected chi connectivity index (χ2v) is 5.00. The third-order valence-corrected chi connectivity index (χ3v) is 3.74. The van der Waals surface area contributed by atoms with Crippen LogP contribution in [0.25, 0.3) is 10.9 Å². The first-order chi connectivity index (χ1) is 9.90. The number of esters is 1.